The van der Waals surface area contributed by atoms with Gasteiger partial charge in [0, 0.05) is 6.61 Å². The van der Waals surface area contributed by atoms with E-state index in [0.717, 1.165) is 12.8 Å². The summed E-state index contributed by atoms with van der Waals surface area (Å²) in [4.78, 5) is 11.6. The van der Waals surface area contributed by atoms with Gasteiger partial charge in [0.15, 0.2) is 18.0 Å². The fraction of sp³-hybridized carbons (Fsp3) is 0.917. The predicted molar refractivity (Wildman–Crippen MR) is 59.4 cm³/mol. The summed E-state index contributed by atoms with van der Waals surface area (Å²) in [6.07, 6.45) is 0.829. The van der Waals surface area contributed by atoms with Crippen molar-refractivity contribution in [1.82, 2.24) is 0 Å². The second kappa shape index (κ2) is 4.92. The maximum Gasteiger partial charge on any atom is 0.338 e. The first-order valence-corrected chi connectivity index (χ1v) is 6.17. The zero-order valence-corrected chi connectivity index (χ0v) is 10.6. The summed E-state index contributed by atoms with van der Waals surface area (Å²) >= 11 is 0. The molecular formula is C12H20O5. The number of cyclic esters (lactones) is 1. The highest BCUT2D eigenvalue weighted by atomic mass is 16.8. The maximum absolute atomic E-state index is 11.6. The summed E-state index contributed by atoms with van der Waals surface area (Å²) in [6.45, 7) is 6.77. The number of carbonyl (C=O) groups excluding carboxylic acids is 1. The second-order valence-corrected chi connectivity index (χ2v) is 4.92. The zero-order chi connectivity index (χ0) is 12.5. The van der Waals surface area contributed by atoms with Gasteiger partial charge in [0.1, 0.15) is 6.10 Å². The average molecular weight is 244 g/mol. The Hall–Kier alpha value is -0.650. The number of carbonyl (C=O) groups is 1. The molecular weight excluding hydrogens is 224 g/mol. The summed E-state index contributed by atoms with van der Waals surface area (Å²) < 4.78 is 21.8. The van der Waals surface area contributed by atoms with Crippen LogP contribution < -0.4 is 0 Å². The summed E-state index contributed by atoms with van der Waals surface area (Å²) in [5.74, 6) is -1.05. The molecule has 0 N–H and O–H groups in total. The molecule has 0 aromatic carbocycles. The first-order chi connectivity index (χ1) is 8.03. The van der Waals surface area contributed by atoms with Crippen LogP contribution in [0.4, 0.5) is 0 Å². The molecule has 0 amide bonds. The summed E-state index contributed by atoms with van der Waals surface area (Å²) in [5, 5.41) is 0. The van der Waals surface area contributed by atoms with Crippen molar-refractivity contribution in [2.45, 2.75) is 57.7 Å². The number of rotatable bonds is 5. The van der Waals surface area contributed by atoms with Crippen molar-refractivity contribution in [3.63, 3.8) is 0 Å². The Morgan fingerprint density at radius 2 is 2.12 bits per heavy atom. The monoisotopic (exact) mass is 244 g/mol. The largest absolute Gasteiger partial charge is 0.455 e. The molecule has 0 aromatic rings. The Labute approximate surface area is 101 Å². The molecule has 98 valence electrons. The number of hydrogen-bond acceptors (Lipinski definition) is 5. The Bertz CT molecular complexity index is 289. The minimum Gasteiger partial charge on any atom is -0.455 e. The molecule has 5 heteroatoms. The van der Waals surface area contributed by atoms with Gasteiger partial charge in [-0.25, -0.2) is 4.79 Å². The van der Waals surface area contributed by atoms with Crippen LogP contribution in [-0.2, 0) is 23.7 Å². The minimum atomic E-state index is -0.712. The van der Waals surface area contributed by atoms with Crippen molar-refractivity contribution in [3.8, 4) is 0 Å². The Morgan fingerprint density at radius 3 is 2.82 bits per heavy atom. The van der Waals surface area contributed by atoms with Crippen LogP contribution in [0.25, 0.3) is 0 Å². The van der Waals surface area contributed by atoms with Crippen LogP contribution in [0.3, 0.4) is 0 Å². The molecule has 2 heterocycles. The van der Waals surface area contributed by atoms with E-state index in [-0.39, 0.29) is 18.2 Å². The second-order valence-electron chi connectivity index (χ2n) is 4.92. The van der Waals surface area contributed by atoms with Crippen molar-refractivity contribution in [2.24, 2.45) is 0 Å². The van der Waals surface area contributed by atoms with E-state index < -0.39 is 11.9 Å². The molecule has 0 saturated carbocycles. The SMILES string of the molecule is CCCCOC[C@H]1OC(=O)[C@H]2OC(C)(C)OC21. The highest BCUT2D eigenvalue weighted by Gasteiger charge is 2.55. The molecule has 2 saturated heterocycles. The van der Waals surface area contributed by atoms with E-state index in [1.807, 2.05) is 0 Å². The Balaban J connectivity index is 1.86. The van der Waals surface area contributed by atoms with Crippen molar-refractivity contribution >= 4 is 5.97 Å². The molecule has 1 unspecified atom stereocenters. The molecule has 5 nitrogen and oxygen atoms in total. The van der Waals surface area contributed by atoms with E-state index in [1.165, 1.54) is 0 Å². The van der Waals surface area contributed by atoms with Gasteiger partial charge in [-0.3, -0.25) is 0 Å². The van der Waals surface area contributed by atoms with Crippen LogP contribution >= 0.6 is 0 Å². The number of ether oxygens (including phenoxy) is 4. The minimum absolute atomic E-state index is 0.334. The molecule has 2 fully saturated rings. The van der Waals surface area contributed by atoms with Gasteiger partial charge in [-0.1, -0.05) is 13.3 Å². The van der Waals surface area contributed by atoms with Gasteiger partial charge < -0.3 is 18.9 Å². The molecule has 2 aliphatic heterocycles. The van der Waals surface area contributed by atoms with Crippen LogP contribution in [0.5, 0.6) is 0 Å². The van der Waals surface area contributed by atoms with E-state index >= 15 is 0 Å². The van der Waals surface area contributed by atoms with Crippen molar-refractivity contribution < 1.29 is 23.7 Å². The molecule has 2 aliphatic rings. The molecule has 17 heavy (non-hydrogen) atoms. The van der Waals surface area contributed by atoms with Gasteiger partial charge in [0.2, 0.25) is 0 Å². The Kier molecular flexibility index (Phi) is 3.70. The van der Waals surface area contributed by atoms with Gasteiger partial charge in [-0.2, -0.15) is 0 Å². The first kappa shape index (κ1) is 12.8. The molecule has 2 rings (SSSR count). The van der Waals surface area contributed by atoms with Gasteiger partial charge >= 0.3 is 5.97 Å². The summed E-state index contributed by atoms with van der Waals surface area (Å²) in [7, 11) is 0. The fourth-order valence-corrected chi connectivity index (χ4v) is 2.10. The molecule has 0 bridgehead atoms. The fourth-order valence-electron chi connectivity index (χ4n) is 2.10. The van der Waals surface area contributed by atoms with E-state index in [4.69, 9.17) is 18.9 Å². The lowest BCUT2D eigenvalue weighted by atomic mass is 10.1. The van der Waals surface area contributed by atoms with E-state index in [9.17, 15) is 4.79 Å². The topological polar surface area (TPSA) is 54.0 Å². The maximum atomic E-state index is 11.6. The third-order valence-electron chi connectivity index (χ3n) is 2.92. The Morgan fingerprint density at radius 1 is 1.35 bits per heavy atom. The van der Waals surface area contributed by atoms with Crippen LogP contribution in [0, 0.1) is 0 Å². The van der Waals surface area contributed by atoms with Crippen molar-refractivity contribution in [1.29, 1.82) is 0 Å². The number of esters is 1. The molecule has 0 aliphatic carbocycles. The van der Waals surface area contributed by atoms with E-state index in [1.54, 1.807) is 13.8 Å². The van der Waals surface area contributed by atoms with Crippen molar-refractivity contribution in [2.75, 3.05) is 13.2 Å². The van der Waals surface area contributed by atoms with Crippen LogP contribution in [-0.4, -0.2) is 43.3 Å². The van der Waals surface area contributed by atoms with Crippen LogP contribution in [0.1, 0.15) is 33.6 Å². The number of hydrogen-bond donors (Lipinski definition) is 0. The lowest BCUT2D eigenvalue weighted by Gasteiger charge is -2.21. The van der Waals surface area contributed by atoms with Crippen LogP contribution in [0.15, 0.2) is 0 Å². The standard InChI is InChI=1S/C12H20O5/c1-4-5-6-14-7-8-9-10(11(13)15-8)17-12(2,3)16-9/h8-10H,4-7H2,1-3H3/t8-,9?,10+/m1/s1. The average Bonchev–Trinajstić information content (AvgIpc) is 2.70. The van der Waals surface area contributed by atoms with Crippen molar-refractivity contribution in [3.05, 3.63) is 0 Å². The third kappa shape index (κ3) is 2.78. The lowest BCUT2D eigenvalue weighted by molar-refractivity contribution is -0.190. The third-order valence-corrected chi connectivity index (χ3v) is 2.92. The predicted octanol–water partition coefficient (Wildman–Crippen LogP) is 1.25. The smallest absolute Gasteiger partial charge is 0.338 e. The zero-order valence-electron chi connectivity index (χ0n) is 10.6. The number of unbranched alkanes of at least 4 members (excludes halogenated alkanes) is 1. The van der Waals surface area contributed by atoms with E-state index in [2.05, 4.69) is 6.92 Å². The van der Waals surface area contributed by atoms with Gasteiger partial charge in [-0.05, 0) is 20.3 Å². The first-order valence-electron chi connectivity index (χ1n) is 6.17. The van der Waals surface area contributed by atoms with Crippen LogP contribution in [0.2, 0.25) is 0 Å². The highest BCUT2D eigenvalue weighted by molar-refractivity contribution is 5.78. The normalized spacial score (nSPS) is 34.8. The molecule has 0 radical (unpaired) electrons. The molecule has 0 aromatic heterocycles. The van der Waals surface area contributed by atoms with Gasteiger partial charge in [0.05, 0.1) is 6.61 Å². The number of fused-ring (bicyclic) bond motifs is 1. The molecule has 0 spiro atoms. The van der Waals surface area contributed by atoms with Gasteiger partial charge in [0.25, 0.3) is 0 Å². The van der Waals surface area contributed by atoms with Gasteiger partial charge in [-0.15, -0.1) is 0 Å². The summed E-state index contributed by atoms with van der Waals surface area (Å²) in [5.41, 5.74) is 0. The molecule has 3 atom stereocenters. The quantitative estimate of drug-likeness (QED) is 0.538. The lowest BCUT2D eigenvalue weighted by Crippen LogP contribution is -2.33. The highest BCUT2D eigenvalue weighted by Crippen LogP contribution is 2.35. The summed E-state index contributed by atoms with van der Waals surface area (Å²) in [6, 6.07) is 0. The van der Waals surface area contributed by atoms with E-state index in [0.29, 0.717) is 13.2 Å².